The predicted molar refractivity (Wildman–Crippen MR) is 111 cm³/mol. The van der Waals surface area contributed by atoms with Gasteiger partial charge in [0, 0.05) is 0 Å². The van der Waals surface area contributed by atoms with E-state index < -0.39 is 17.7 Å². The van der Waals surface area contributed by atoms with Gasteiger partial charge in [-0.05, 0) is 49.4 Å². The van der Waals surface area contributed by atoms with E-state index in [2.05, 4.69) is 5.32 Å². The molecule has 1 heterocycles. The second-order valence-corrected chi connectivity index (χ2v) is 7.59. The van der Waals surface area contributed by atoms with Gasteiger partial charge in [0.1, 0.15) is 24.0 Å². The van der Waals surface area contributed by atoms with Crippen LogP contribution in [-0.4, -0.2) is 41.2 Å². The molecule has 6 nitrogen and oxygen atoms in total. The fourth-order valence-electron chi connectivity index (χ4n) is 3.74. The van der Waals surface area contributed by atoms with E-state index in [1.54, 1.807) is 0 Å². The van der Waals surface area contributed by atoms with E-state index in [9.17, 15) is 14.7 Å². The lowest BCUT2D eigenvalue weighted by Crippen LogP contribution is -2.44. The summed E-state index contributed by atoms with van der Waals surface area (Å²) in [7, 11) is 0. The first-order chi connectivity index (χ1) is 13.8. The number of hydrogen-bond donors (Lipinski definition) is 2. The summed E-state index contributed by atoms with van der Waals surface area (Å²) in [5.41, 5.74) is 2.73. The number of nitrogens with zero attached hydrogens (tertiary/aromatic N) is 1. The summed E-state index contributed by atoms with van der Waals surface area (Å²) in [4.78, 5) is 26.7. The SMILES string of the molecule is CCC1(c2ccccc2)NC(=O)N(CC(O)COc2c(C)ccc(C)c2C)C1=O. The van der Waals surface area contributed by atoms with E-state index in [1.165, 1.54) is 0 Å². The number of imide groups is 1. The number of rotatable bonds is 7. The van der Waals surface area contributed by atoms with Gasteiger partial charge in [0.15, 0.2) is 0 Å². The average Bonchev–Trinajstić information content (AvgIpc) is 2.96. The lowest BCUT2D eigenvalue weighted by Gasteiger charge is -2.26. The van der Waals surface area contributed by atoms with E-state index in [-0.39, 0.29) is 19.1 Å². The molecular formula is C23H28N2O4. The molecule has 0 aromatic heterocycles. The highest BCUT2D eigenvalue weighted by atomic mass is 16.5. The number of urea groups is 1. The van der Waals surface area contributed by atoms with Gasteiger partial charge in [-0.1, -0.05) is 49.4 Å². The molecule has 2 atom stereocenters. The second kappa shape index (κ2) is 8.25. The molecular weight excluding hydrogens is 368 g/mol. The van der Waals surface area contributed by atoms with Crippen molar-refractivity contribution in [1.29, 1.82) is 0 Å². The molecule has 0 aliphatic carbocycles. The molecule has 2 aromatic rings. The molecule has 154 valence electrons. The summed E-state index contributed by atoms with van der Waals surface area (Å²) in [6, 6.07) is 12.7. The van der Waals surface area contributed by atoms with Crippen LogP contribution in [-0.2, 0) is 10.3 Å². The van der Waals surface area contributed by atoms with Crippen LogP contribution < -0.4 is 10.1 Å². The normalized spacial score (nSPS) is 20.0. The van der Waals surface area contributed by atoms with Crippen molar-refractivity contribution >= 4 is 11.9 Å². The van der Waals surface area contributed by atoms with Gasteiger partial charge in [-0.25, -0.2) is 4.79 Å². The Balaban J connectivity index is 1.71. The molecule has 0 bridgehead atoms. The molecule has 2 aromatic carbocycles. The minimum absolute atomic E-state index is 0.00729. The zero-order chi connectivity index (χ0) is 21.2. The van der Waals surface area contributed by atoms with Gasteiger partial charge in [0.05, 0.1) is 6.54 Å². The van der Waals surface area contributed by atoms with Crippen LogP contribution in [0.3, 0.4) is 0 Å². The van der Waals surface area contributed by atoms with Gasteiger partial charge >= 0.3 is 6.03 Å². The van der Waals surface area contributed by atoms with Crippen molar-refractivity contribution in [2.75, 3.05) is 13.2 Å². The lowest BCUT2D eigenvalue weighted by molar-refractivity contribution is -0.132. The fraction of sp³-hybridized carbons (Fsp3) is 0.391. The minimum atomic E-state index is -1.09. The number of aryl methyl sites for hydroxylation is 2. The number of aliphatic hydroxyl groups is 1. The van der Waals surface area contributed by atoms with Gasteiger partial charge in [-0.3, -0.25) is 9.69 Å². The molecule has 3 rings (SSSR count). The highest BCUT2D eigenvalue weighted by Gasteiger charge is 2.51. The smallest absolute Gasteiger partial charge is 0.325 e. The number of ether oxygens (including phenoxy) is 1. The Morgan fingerprint density at radius 1 is 1.07 bits per heavy atom. The molecule has 0 radical (unpaired) electrons. The van der Waals surface area contributed by atoms with Crippen LogP contribution in [0.4, 0.5) is 4.79 Å². The Kier molecular flexibility index (Phi) is 5.94. The van der Waals surface area contributed by atoms with E-state index in [1.807, 2.05) is 70.2 Å². The average molecular weight is 396 g/mol. The van der Waals surface area contributed by atoms with Crippen LogP contribution in [0, 0.1) is 20.8 Å². The molecule has 2 unspecified atom stereocenters. The molecule has 1 fully saturated rings. The second-order valence-electron chi connectivity index (χ2n) is 7.59. The van der Waals surface area contributed by atoms with Crippen LogP contribution in [0.25, 0.3) is 0 Å². The van der Waals surface area contributed by atoms with E-state index in [4.69, 9.17) is 4.74 Å². The van der Waals surface area contributed by atoms with Gasteiger partial charge in [0.2, 0.25) is 0 Å². The first kappa shape index (κ1) is 20.9. The standard InChI is InChI=1S/C23H28N2O4/c1-5-23(18-9-7-6-8-10-18)21(27)25(22(28)24-23)13-19(26)14-29-20-16(3)12-11-15(2)17(20)4/h6-12,19,26H,5,13-14H2,1-4H3,(H,24,28). The molecule has 29 heavy (non-hydrogen) atoms. The number of β-amino-alcohol motifs (C(OH)–C–C–N with tert-alkyl or cyclic N) is 1. The van der Waals surface area contributed by atoms with Gasteiger partial charge in [-0.2, -0.15) is 0 Å². The molecule has 2 N–H and O–H groups in total. The van der Waals surface area contributed by atoms with Gasteiger partial charge < -0.3 is 15.2 Å². The third-order valence-electron chi connectivity index (χ3n) is 5.66. The highest BCUT2D eigenvalue weighted by molar-refractivity contribution is 6.07. The number of carbonyl (C=O) groups excluding carboxylic acids is 2. The summed E-state index contributed by atoms with van der Waals surface area (Å²) >= 11 is 0. The Labute approximate surface area is 171 Å². The Morgan fingerprint density at radius 3 is 2.38 bits per heavy atom. The largest absolute Gasteiger partial charge is 0.490 e. The van der Waals surface area contributed by atoms with Crippen LogP contribution in [0.2, 0.25) is 0 Å². The lowest BCUT2D eigenvalue weighted by atomic mass is 9.87. The Hall–Kier alpha value is -2.86. The molecule has 1 aliphatic rings. The van der Waals surface area contributed by atoms with Crippen molar-refractivity contribution < 1.29 is 19.4 Å². The number of carbonyl (C=O) groups is 2. The summed E-state index contributed by atoms with van der Waals surface area (Å²) in [6.07, 6.45) is -0.570. The van der Waals surface area contributed by atoms with E-state index in [0.29, 0.717) is 6.42 Å². The van der Waals surface area contributed by atoms with Gasteiger partial charge in [-0.15, -0.1) is 0 Å². The van der Waals surface area contributed by atoms with Crippen molar-refractivity contribution in [3.05, 3.63) is 64.7 Å². The summed E-state index contributed by atoms with van der Waals surface area (Å²) in [5.74, 6) is 0.381. The number of aliphatic hydroxyl groups excluding tert-OH is 1. The fourth-order valence-corrected chi connectivity index (χ4v) is 3.74. The molecule has 0 spiro atoms. The van der Waals surface area contributed by atoms with Crippen LogP contribution >= 0.6 is 0 Å². The number of amides is 3. The Bertz CT molecular complexity index is 913. The molecule has 1 saturated heterocycles. The third-order valence-corrected chi connectivity index (χ3v) is 5.66. The molecule has 3 amide bonds. The first-order valence-electron chi connectivity index (χ1n) is 9.87. The molecule has 0 saturated carbocycles. The van der Waals surface area contributed by atoms with Crippen LogP contribution in [0.5, 0.6) is 5.75 Å². The van der Waals surface area contributed by atoms with Crippen LogP contribution in [0.1, 0.15) is 35.6 Å². The number of benzene rings is 2. The van der Waals surface area contributed by atoms with Crippen molar-refractivity contribution in [2.45, 2.75) is 45.8 Å². The maximum Gasteiger partial charge on any atom is 0.325 e. The summed E-state index contributed by atoms with van der Waals surface area (Å²) < 4.78 is 5.83. The number of nitrogens with one attached hydrogen (secondary N) is 1. The predicted octanol–water partition coefficient (Wildman–Crippen LogP) is 3.21. The van der Waals surface area contributed by atoms with Crippen molar-refractivity contribution in [3.63, 3.8) is 0 Å². The van der Waals surface area contributed by atoms with E-state index in [0.717, 1.165) is 32.9 Å². The highest BCUT2D eigenvalue weighted by Crippen LogP contribution is 2.32. The Morgan fingerprint density at radius 2 is 1.72 bits per heavy atom. The van der Waals surface area contributed by atoms with Crippen molar-refractivity contribution in [2.24, 2.45) is 0 Å². The quantitative estimate of drug-likeness (QED) is 0.705. The van der Waals surface area contributed by atoms with E-state index >= 15 is 0 Å². The summed E-state index contributed by atoms with van der Waals surface area (Å²) in [6.45, 7) is 7.64. The zero-order valence-corrected chi connectivity index (χ0v) is 17.4. The number of hydrogen-bond acceptors (Lipinski definition) is 4. The first-order valence-corrected chi connectivity index (χ1v) is 9.87. The summed E-state index contributed by atoms with van der Waals surface area (Å²) in [5, 5.41) is 13.3. The van der Waals surface area contributed by atoms with Crippen LogP contribution in [0.15, 0.2) is 42.5 Å². The monoisotopic (exact) mass is 396 g/mol. The maximum atomic E-state index is 13.1. The van der Waals surface area contributed by atoms with Crippen molar-refractivity contribution in [3.8, 4) is 5.75 Å². The zero-order valence-electron chi connectivity index (χ0n) is 17.4. The maximum absolute atomic E-state index is 13.1. The molecule has 6 heteroatoms. The van der Waals surface area contributed by atoms with Crippen molar-refractivity contribution in [1.82, 2.24) is 10.2 Å². The van der Waals surface area contributed by atoms with Gasteiger partial charge in [0.25, 0.3) is 5.91 Å². The topological polar surface area (TPSA) is 78.9 Å². The minimum Gasteiger partial charge on any atom is -0.490 e. The molecule has 1 aliphatic heterocycles. The third kappa shape index (κ3) is 3.85.